The van der Waals surface area contributed by atoms with Crippen molar-refractivity contribution >= 4 is 11.8 Å². The van der Waals surface area contributed by atoms with E-state index in [9.17, 15) is 0 Å². The predicted octanol–water partition coefficient (Wildman–Crippen LogP) is 2.91. The lowest BCUT2D eigenvalue weighted by molar-refractivity contribution is 0.616. The monoisotopic (exact) mass is 189 g/mol. The van der Waals surface area contributed by atoms with E-state index < -0.39 is 0 Å². The first-order valence-electron chi connectivity index (χ1n) is 5.13. The maximum Gasteiger partial charge on any atom is 0.0144 e. The number of hydrogen-bond donors (Lipinski definition) is 1. The van der Waals surface area contributed by atoms with Crippen LogP contribution in [0.2, 0.25) is 0 Å². The van der Waals surface area contributed by atoms with Gasteiger partial charge in [0.15, 0.2) is 0 Å². The van der Waals surface area contributed by atoms with Crippen molar-refractivity contribution in [3.05, 3.63) is 0 Å². The molecule has 1 atom stereocenters. The van der Waals surface area contributed by atoms with Crippen molar-refractivity contribution in [2.24, 2.45) is 0 Å². The molecule has 1 nitrogen and oxygen atoms in total. The Morgan fingerprint density at radius 3 is 2.58 bits per heavy atom. The second-order valence-corrected chi connectivity index (χ2v) is 4.89. The van der Waals surface area contributed by atoms with E-state index in [4.69, 9.17) is 0 Å². The third kappa shape index (κ3) is 8.41. The van der Waals surface area contributed by atoms with Gasteiger partial charge >= 0.3 is 0 Å². The van der Waals surface area contributed by atoms with E-state index in [1.54, 1.807) is 0 Å². The van der Waals surface area contributed by atoms with Gasteiger partial charge in [-0.1, -0.05) is 33.6 Å². The zero-order valence-corrected chi connectivity index (χ0v) is 9.54. The molecule has 0 aliphatic carbocycles. The molecule has 0 aliphatic rings. The summed E-state index contributed by atoms with van der Waals surface area (Å²) in [5, 5.41) is 4.26. The van der Waals surface area contributed by atoms with Gasteiger partial charge in [-0.2, -0.15) is 11.8 Å². The van der Waals surface area contributed by atoms with Gasteiger partial charge in [0.05, 0.1) is 0 Å². The first-order valence-corrected chi connectivity index (χ1v) is 6.18. The lowest BCUT2D eigenvalue weighted by Gasteiger charge is -2.10. The van der Waals surface area contributed by atoms with Crippen LogP contribution < -0.4 is 5.32 Å². The van der Waals surface area contributed by atoms with E-state index in [1.807, 2.05) is 11.8 Å². The van der Waals surface area contributed by atoms with Gasteiger partial charge < -0.3 is 5.32 Å². The summed E-state index contributed by atoms with van der Waals surface area (Å²) in [7, 11) is 0. The minimum atomic E-state index is 0.775. The molecule has 0 bridgehead atoms. The molecule has 0 aromatic heterocycles. The fourth-order valence-electron chi connectivity index (χ4n) is 1.15. The summed E-state index contributed by atoms with van der Waals surface area (Å²) in [6.45, 7) is 9.12. The molecule has 0 amide bonds. The maximum atomic E-state index is 3.48. The molecule has 1 N–H and O–H groups in total. The highest BCUT2D eigenvalue weighted by atomic mass is 32.2. The summed E-state index contributed by atoms with van der Waals surface area (Å²) in [6, 6.07) is 0. The highest BCUT2D eigenvalue weighted by Crippen LogP contribution is 2.07. The van der Waals surface area contributed by atoms with E-state index >= 15 is 0 Å². The van der Waals surface area contributed by atoms with Crippen LogP contribution in [0.15, 0.2) is 0 Å². The summed E-state index contributed by atoms with van der Waals surface area (Å²) in [5.41, 5.74) is 0. The Kier molecular flexibility index (Phi) is 9.64. The summed E-state index contributed by atoms with van der Waals surface area (Å²) in [6.07, 6.45) is 4.02. The van der Waals surface area contributed by atoms with Crippen molar-refractivity contribution in [3.63, 3.8) is 0 Å². The zero-order valence-electron chi connectivity index (χ0n) is 8.73. The van der Waals surface area contributed by atoms with Crippen molar-refractivity contribution in [2.75, 3.05) is 18.8 Å². The Morgan fingerprint density at radius 1 is 1.25 bits per heavy atom. The Bertz CT molecular complexity index is 85.9. The summed E-state index contributed by atoms with van der Waals surface area (Å²) >= 11 is 2.03. The Morgan fingerprint density at radius 2 is 2.00 bits per heavy atom. The molecule has 74 valence electrons. The topological polar surface area (TPSA) is 12.0 Å². The molecule has 0 aromatic rings. The number of rotatable bonds is 8. The van der Waals surface area contributed by atoms with E-state index in [1.165, 1.54) is 38.1 Å². The Labute approximate surface area is 81.7 Å². The molecule has 12 heavy (non-hydrogen) atoms. The quantitative estimate of drug-likeness (QED) is 0.589. The first kappa shape index (κ1) is 12.3. The minimum absolute atomic E-state index is 0.775. The van der Waals surface area contributed by atoms with Crippen LogP contribution in [0.25, 0.3) is 0 Å². The van der Waals surface area contributed by atoms with E-state index in [2.05, 4.69) is 26.1 Å². The number of hydrogen-bond acceptors (Lipinski definition) is 2. The van der Waals surface area contributed by atoms with Crippen LogP contribution in [-0.2, 0) is 0 Å². The van der Waals surface area contributed by atoms with E-state index in [0.717, 1.165) is 5.25 Å². The van der Waals surface area contributed by atoms with Gasteiger partial charge in [0.2, 0.25) is 0 Å². The fourth-order valence-corrected chi connectivity index (χ4v) is 1.95. The molecule has 0 fully saturated rings. The third-order valence-electron chi connectivity index (χ3n) is 1.84. The fraction of sp³-hybridized carbons (Fsp3) is 1.00. The summed E-state index contributed by atoms with van der Waals surface area (Å²) in [5.74, 6) is 1.23. The molecule has 0 spiro atoms. The second kappa shape index (κ2) is 9.40. The van der Waals surface area contributed by atoms with Crippen molar-refractivity contribution in [1.29, 1.82) is 0 Å². The Hall–Kier alpha value is 0.310. The number of unbranched alkanes of at least 4 members (excludes halogenated alkanes) is 2. The first-order chi connectivity index (χ1) is 5.81. The molecule has 2 heteroatoms. The maximum absolute atomic E-state index is 3.48. The van der Waals surface area contributed by atoms with Crippen molar-refractivity contribution in [2.45, 2.75) is 45.3 Å². The molecule has 0 saturated carbocycles. The molecule has 0 radical (unpaired) electrons. The normalized spacial score (nSPS) is 13.2. The average Bonchev–Trinajstić information content (AvgIpc) is 2.05. The molecule has 0 saturated heterocycles. The van der Waals surface area contributed by atoms with Crippen LogP contribution in [0.1, 0.15) is 40.0 Å². The molecular formula is C10H23NS. The van der Waals surface area contributed by atoms with Gasteiger partial charge in [0.25, 0.3) is 0 Å². The molecule has 1 unspecified atom stereocenters. The molecule has 0 rings (SSSR count). The minimum Gasteiger partial charge on any atom is -0.316 e. The second-order valence-electron chi connectivity index (χ2n) is 3.18. The SMILES string of the molecule is CCCCCNCC(C)SCC. The predicted molar refractivity (Wildman–Crippen MR) is 60.0 cm³/mol. The van der Waals surface area contributed by atoms with Gasteiger partial charge in [-0.3, -0.25) is 0 Å². The van der Waals surface area contributed by atoms with Crippen LogP contribution in [-0.4, -0.2) is 24.1 Å². The smallest absolute Gasteiger partial charge is 0.0144 e. The highest BCUT2D eigenvalue weighted by molar-refractivity contribution is 7.99. The Balaban J connectivity index is 2.97. The van der Waals surface area contributed by atoms with Crippen LogP contribution in [0.3, 0.4) is 0 Å². The van der Waals surface area contributed by atoms with Crippen LogP contribution in [0.5, 0.6) is 0 Å². The van der Waals surface area contributed by atoms with Crippen molar-refractivity contribution in [1.82, 2.24) is 5.32 Å². The largest absolute Gasteiger partial charge is 0.316 e. The van der Waals surface area contributed by atoms with E-state index in [-0.39, 0.29) is 0 Å². The standard InChI is InChI=1S/C10H23NS/c1-4-6-7-8-11-9-10(3)12-5-2/h10-11H,4-9H2,1-3H3. The molecule has 0 aromatic carbocycles. The molecule has 0 aliphatic heterocycles. The molecular weight excluding hydrogens is 166 g/mol. The molecule has 0 heterocycles. The highest BCUT2D eigenvalue weighted by Gasteiger charge is 1.98. The summed E-state index contributed by atoms with van der Waals surface area (Å²) < 4.78 is 0. The van der Waals surface area contributed by atoms with Gasteiger partial charge in [0, 0.05) is 11.8 Å². The van der Waals surface area contributed by atoms with E-state index in [0.29, 0.717) is 0 Å². The van der Waals surface area contributed by atoms with Crippen LogP contribution >= 0.6 is 11.8 Å². The van der Waals surface area contributed by atoms with Gasteiger partial charge in [0.1, 0.15) is 0 Å². The average molecular weight is 189 g/mol. The third-order valence-corrected chi connectivity index (χ3v) is 2.91. The van der Waals surface area contributed by atoms with Gasteiger partial charge in [-0.05, 0) is 18.7 Å². The van der Waals surface area contributed by atoms with Crippen LogP contribution in [0, 0.1) is 0 Å². The lowest BCUT2D eigenvalue weighted by Crippen LogP contribution is -2.23. The number of thioether (sulfide) groups is 1. The zero-order chi connectivity index (χ0) is 9.23. The number of nitrogens with one attached hydrogen (secondary N) is 1. The van der Waals surface area contributed by atoms with Gasteiger partial charge in [-0.15, -0.1) is 0 Å². The lowest BCUT2D eigenvalue weighted by atomic mass is 10.2. The van der Waals surface area contributed by atoms with Crippen molar-refractivity contribution < 1.29 is 0 Å². The van der Waals surface area contributed by atoms with Crippen molar-refractivity contribution in [3.8, 4) is 0 Å². The van der Waals surface area contributed by atoms with Gasteiger partial charge in [-0.25, -0.2) is 0 Å². The van der Waals surface area contributed by atoms with Crippen LogP contribution in [0.4, 0.5) is 0 Å². The summed E-state index contributed by atoms with van der Waals surface area (Å²) in [4.78, 5) is 0.